The summed E-state index contributed by atoms with van der Waals surface area (Å²) in [7, 11) is 0. The Balaban J connectivity index is 2.94. The van der Waals surface area contributed by atoms with E-state index in [1.54, 1.807) is 0 Å². The summed E-state index contributed by atoms with van der Waals surface area (Å²) >= 11 is 0. The van der Waals surface area contributed by atoms with E-state index in [1.165, 1.54) is 128 Å². The number of rotatable bonds is 22. The van der Waals surface area contributed by atoms with Crippen LogP contribution in [0.1, 0.15) is 142 Å². The largest absolute Gasteiger partial charge is 0.305 e. The third-order valence-electron chi connectivity index (χ3n) is 5.37. The predicted molar refractivity (Wildman–Crippen MR) is 113 cm³/mol. The molecule has 0 aromatic rings. The highest BCUT2D eigenvalue weighted by atomic mass is 16.6. The van der Waals surface area contributed by atoms with Crippen LogP contribution in [0.2, 0.25) is 0 Å². The van der Waals surface area contributed by atoms with Crippen molar-refractivity contribution in [1.82, 2.24) is 0 Å². The Hall–Kier alpha value is -0.0800. The molecule has 0 aliphatic rings. The monoisotopic (exact) mass is 355 g/mol. The van der Waals surface area contributed by atoms with Gasteiger partial charge in [-0.3, -0.25) is 0 Å². The van der Waals surface area contributed by atoms with Gasteiger partial charge in [-0.25, -0.2) is 5.90 Å². The molecule has 25 heavy (non-hydrogen) atoms. The first-order valence-electron chi connectivity index (χ1n) is 11.7. The van der Waals surface area contributed by atoms with Crippen molar-refractivity contribution in [3.8, 4) is 0 Å². The van der Waals surface area contributed by atoms with Gasteiger partial charge in [-0.2, -0.15) is 0 Å². The van der Waals surface area contributed by atoms with Gasteiger partial charge in [-0.05, 0) is 6.42 Å². The number of unbranched alkanes of at least 4 members (excludes halogenated alkanes) is 20. The summed E-state index contributed by atoms with van der Waals surface area (Å²) in [5, 5.41) is 0. The fraction of sp³-hybridized carbons (Fsp3) is 1.00. The van der Waals surface area contributed by atoms with Crippen LogP contribution in [-0.2, 0) is 4.84 Å². The van der Waals surface area contributed by atoms with Gasteiger partial charge < -0.3 is 4.84 Å². The molecule has 0 radical (unpaired) electrons. The summed E-state index contributed by atoms with van der Waals surface area (Å²) in [4.78, 5) is 4.58. The van der Waals surface area contributed by atoms with Crippen LogP contribution in [0.5, 0.6) is 0 Å². The Morgan fingerprint density at radius 1 is 0.400 bits per heavy atom. The highest BCUT2D eigenvalue weighted by Crippen LogP contribution is 2.14. The minimum absolute atomic E-state index is 0.721. The molecule has 0 heterocycles. The molecule has 2 heteroatoms. The summed E-state index contributed by atoms with van der Waals surface area (Å²) in [6, 6.07) is 0. The Bertz CT molecular complexity index is 198. The van der Waals surface area contributed by atoms with E-state index in [4.69, 9.17) is 5.90 Å². The molecule has 0 bridgehead atoms. The van der Waals surface area contributed by atoms with Crippen molar-refractivity contribution in [3.63, 3.8) is 0 Å². The lowest BCUT2D eigenvalue weighted by molar-refractivity contribution is 0.133. The Labute approximate surface area is 159 Å². The van der Waals surface area contributed by atoms with Crippen molar-refractivity contribution in [1.29, 1.82) is 0 Å². The lowest BCUT2D eigenvalue weighted by Gasteiger charge is -2.04. The van der Waals surface area contributed by atoms with Gasteiger partial charge in [-0.1, -0.05) is 135 Å². The van der Waals surface area contributed by atoms with Crippen molar-refractivity contribution in [2.45, 2.75) is 142 Å². The van der Waals surface area contributed by atoms with Gasteiger partial charge in [0.1, 0.15) is 0 Å². The first-order valence-corrected chi connectivity index (χ1v) is 11.7. The molecule has 0 aliphatic heterocycles. The second-order valence-electron chi connectivity index (χ2n) is 7.94. The van der Waals surface area contributed by atoms with Gasteiger partial charge in [-0.15, -0.1) is 0 Å². The highest BCUT2D eigenvalue weighted by molar-refractivity contribution is 4.51. The fourth-order valence-corrected chi connectivity index (χ4v) is 3.62. The molecule has 0 aromatic carbocycles. The van der Waals surface area contributed by atoms with Crippen LogP contribution in [0.3, 0.4) is 0 Å². The smallest absolute Gasteiger partial charge is 0.0679 e. The Morgan fingerprint density at radius 2 is 0.640 bits per heavy atom. The zero-order chi connectivity index (χ0) is 18.3. The van der Waals surface area contributed by atoms with Crippen LogP contribution in [0.25, 0.3) is 0 Å². The van der Waals surface area contributed by atoms with Crippen LogP contribution in [0.15, 0.2) is 0 Å². The molecule has 0 unspecified atom stereocenters. The second kappa shape index (κ2) is 23.9. The van der Waals surface area contributed by atoms with E-state index in [9.17, 15) is 0 Å². The predicted octanol–water partition coefficient (Wildman–Crippen LogP) is 8.09. The highest BCUT2D eigenvalue weighted by Gasteiger charge is 1.95. The van der Waals surface area contributed by atoms with Crippen molar-refractivity contribution in [3.05, 3.63) is 0 Å². The number of hydrogen-bond acceptors (Lipinski definition) is 2. The summed E-state index contributed by atoms with van der Waals surface area (Å²) in [5.74, 6) is 5.01. The molecule has 0 aromatic heterocycles. The van der Waals surface area contributed by atoms with E-state index in [0.717, 1.165) is 13.0 Å². The van der Waals surface area contributed by atoms with Crippen LogP contribution in [0.4, 0.5) is 0 Å². The number of nitrogens with two attached hydrogens (primary N) is 1. The van der Waals surface area contributed by atoms with Crippen LogP contribution in [-0.4, -0.2) is 6.61 Å². The van der Waals surface area contributed by atoms with Gasteiger partial charge in [0.2, 0.25) is 0 Å². The summed E-state index contributed by atoms with van der Waals surface area (Å²) in [6.07, 6.45) is 29.9. The van der Waals surface area contributed by atoms with E-state index in [2.05, 4.69) is 11.8 Å². The topological polar surface area (TPSA) is 35.2 Å². The van der Waals surface area contributed by atoms with Crippen molar-refractivity contribution < 1.29 is 4.84 Å². The van der Waals surface area contributed by atoms with E-state index >= 15 is 0 Å². The van der Waals surface area contributed by atoms with Gasteiger partial charge in [0.05, 0.1) is 6.61 Å². The van der Waals surface area contributed by atoms with Crippen LogP contribution < -0.4 is 5.90 Å². The minimum Gasteiger partial charge on any atom is -0.305 e. The average molecular weight is 356 g/mol. The molecular weight excluding hydrogens is 306 g/mol. The zero-order valence-electron chi connectivity index (χ0n) is 17.5. The van der Waals surface area contributed by atoms with Crippen molar-refractivity contribution in [2.75, 3.05) is 6.61 Å². The molecule has 2 nitrogen and oxygen atoms in total. The minimum atomic E-state index is 0.721. The Morgan fingerprint density at radius 3 is 0.880 bits per heavy atom. The quantitative estimate of drug-likeness (QED) is 0.157. The maximum absolute atomic E-state index is 5.01. The number of hydrogen-bond donors (Lipinski definition) is 1. The van der Waals surface area contributed by atoms with Gasteiger partial charge in [0.15, 0.2) is 0 Å². The first-order chi connectivity index (χ1) is 12.4. The lowest BCUT2D eigenvalue weighted by atomic mass is 10.0. The molecule has 0 spiro atoms. The van der Waals surface area contributed by atoms with Crippen LogP contribution >= 0.6 is 0 Å². The van der Waals surface area contributed by atoms with Gasteiger partial charge >= 0.3 is 0 Å². The van der Waals surface area contributed by atoms with E-state index in [1.807, 2.05) is 0 Å². The standard InChI is InChI=1S/C23H49NO/c1-2-3-4-5-6-7-8-9-10-11-12-13-14-15-16-17-18-19-20-21-22-23-25-24/h2-24H2,1H3. The van der Waals surface area contributed by atoms with Gasteiger partial charge in [0, 0.05) is 0 Å². The summed E-state index contributed by atoms with van der Waals surface area (Å²) in [5.41, 5.74) is 0. The fourth-order valence-electron chi connectivity index (χ4n) is 3.62. The van der Waals surface area contributed by atoms with E-state index in [-0.39, 0.29) is 0 Å². The third kappa shape index (κ3) is 23.9. The third-order valence-corrected chi connectivity index (χ3v) is 5.37. The SMILES string of the molecule is CCCCCCCCCCCCCCCCCCCCCCCON. The molecule has 0 rings (SSSR count). The zero-order valence-corrected chi connectivity index (χ0v) is 17.5. The van der Waals surface area contributed by atoms with Crippen molar-refractivity contribution in [2.24, 2.45) is 5.90 Å². The van der Waals surface area contributed by atoms with E-state index in [0.29, 0.717) is 0 Å². The first kappa shape index (κ1) is 24.9. The molecule has 0 atom stereocenters. The molecule has 0 saturated heterocycles. The molecule has 0 saturated carbocycles. The normalized spacial score (nSPS) is 11.3. The molecule has 2 N–H and O–H groups in total. The summed E-state index contributed by atoms with van der Waals surface area (Å²) in [6.45, 7) is 3.02. The summed E-state index contributed by atoms with van der Waals surface area (Å²) < 4.78 is 0. The van der Waals surface area contributed by atoms with Crippen LogP contribution in [0, 0.1) is 0 Å². The molecule has 0 amide bonds. The molecule has 0 fully saturated rings. The second-order valence-corrected chi connectivity index (χ2v) is 7.94. The maximum Gasteiger partial charge on any atom is 0.0679 e. The maximum atomic E-state index is 5.01. The van der Waals surface area contributed by atoms with Crippen molar-refractivity contribution >= 4 is 0 Å². The molecule has 0 aliphatic carbocycles. The van der Waals surface area contributed by atoms with Gasteiger partial charge in [0.25, 0.3) is 0 Å². The lowest BCUT2D eigenvalue weighted by Crippen LogP contribution is -2.00. The molecular formula is C23H49NO. The average Bonchev–Trinajstić information content (AvgIpc) is 2.63. The van der Waals surface area contributed by atoms with E-state index < -0.39 is 0 Å². The Kier molecular flexibility index (Phi) is 23.8. The molecule has 152 valence electrons.